The Bertz CT molecular complexity index is 249. The highest BCUT2D eigenvalue weighted by molar-refractivity contribution is 14.1. The molecular weight excluding hydrogens is 331 g/mol. The number of hydrogen-bond acceptors (Lipinski definition) is 3. The van der Waals surface area contributed by atoms with Crippen molar-refractivity contribution in [3.63, 3.8) is 0 Å². The summed E-state index contributed by atoms with van der Waals surface area (Å²) in [5.74, 6) is 0.502. The zero-order chi connectivity index (χ0) is 12.1. The van der Waals surface area contributed by atoms with Crippen molar-refractivity contribution >= 4 is 28.8 Å². The van der Waals surface area contributed by atoms with Gasteiger partial charge in [-0.25, -0.2) is 0 Å². The summed E-state index contributed by atoms with van der Waals surface area (Å²) in [6.07, 6.45) is 6.22. The number of ether oxygens (including phenoxy) is 1. The summed E-state index contributed by atoms with van der Waals surface area (Å²) in [6, 6.07) is 0.944. The van der Waals surface area contributed by atoms with Crippen molar-refractivity contribution in [1.82, 2.24) is 8.85 Å². The van der Waals surface area contributed by atoms with Gasteiger partial charge in [-0.3, -0.25) is 8.32 Å². The number of nitrogens with one attached hydrogen (secondary N) is 2. The van der Waals surface area contributed by atoms with Crippen LogP contribution in [0.4, 0.5) is 0 Å². The fourth-order valence-corrected chi connectivity index (χ4v) is 3.25. The van der Waals surface area contributed by atoms with Gasteiger partial charge in [0.15, 0.2) is 0 Å². The van der Waals surface area contributed by atoms with Crippen LogP contribution < -0.4 is 8.85 Å². The number of carbonyl (C=O) groups is 1. The first kappa shape index (κ1) is 13.5. The third kappa shape index (κ3) is 4.06. The van der Waals surface area contributed by atoms with Crippen LogP contribution in [-0.4, -0.2) is 31.2 Å². The lowest BCUT2D eigenvalue weighted by molar-refractivity contribution is -0.127. The maximum Gasteiger partial charge on any atom is 0.223 e. The summed E-state index contributed by atoms with van der Waals surface area (Å²) in [4.78, 5) is 12.1. The van der Waals surface area contributed by atoms with Crippen LogP contribution in [0.3, 0.4) is 0 Å². The Morgan fingerprint density at radius 2 is 1.65 bits per heavy atom. The monoisotopic (exact) mass is 352 g/mol. The van der Waals surface area contributed by atoms with Gasteiger partial charge in [-0.05, 0) is 38.5 Å². The zero-order valence-corrected chi connectivity index (χ0v) is 12.2. The number of halogens is 1. The van der Waals surface area contributed by atoms with Gasteiger partial charge in [-0.2, -0.15) is 0 Å². The topological polar surface area (TPSA) is 50.4 Å². The Balaban J connectivity index is 1.72. The predicted molar refractivity (Wildman–Crippen MR) is 74.9 cm³/mol. The molecule has 1 aliphatic heterocycles. The average Bonchev–Trinajstić information content (AvgIpc) is 2.40. The summed E-state index contributed by atoms with van der Waals surface area (Å²) in [6.45, 7) is 1.58. The van der Waals surface area contributed by atoms with Crippen molar-refractivity contribution in [2.24, 2.45) is 5.92 Å². The molecule has 0 spiro atoms. The molecule has 2 fully saturated rings. The molecule has 2 rings (SSSR count). The lowest BCUT2D eigenvalue weighted by Gasteiger charge is -2.29. The molecule has 1 aliphatic carbocycles. The summed E-state index contributed by atoms with van der Waals surface area (Å²) in [7, 11) is 0. The van der Waals surface area contributed by atoms with E-state index in [1.807, 2.05) is 0 Å². The van der Waals surface area contributed by atoms with Crippen LogP contribution in [0, 0.1) is 5.92 Å². The van der Waals surface area contributed by atoms with E-state index in [2.05, 4.69) is 31.7 Å². The highest BCUT2D eigenvalue weighted by Gasteiger charge is 2.27. The van der Waals surface area contributed by atoms with Crippen molar-refractivity contribution in [3.05, 3.63) is 0 Å². The molecular formula is C12H21IN2O2. The number of carbonyl (C=O) groups excluding carboxylic acids is 1. The average molecular weight is 352 g/mol. The van der Waals surface area contributed by atoms with Gasteiger partial charge in [-0.1, -0.05) is 0 Å². The normalized spacial score (nSPS) is 31.1. The van der Waals surface area contributed by atoms with Crippen molar-refractivity contribution in [2.75, 3.05) is 13.2 Å². The quantitative estimate of drug-likeness (QED) is 0.601. The summed E-state index contributed by atoms with van der Waals surface area (Å²) in [5, 5.41) is 3.18. The van der Waals surface area contributed by atoms with E-state index in [0.29, 0.717) is 12.1 Å². The molecule has 1 saturated carbocycles. The standard InChI is InChI=1S/C12H21IN2O2/c13-15-11-3-1-9(2-4-11)12(16)14-10-5-7-17-8-6-10/h9-11,15H,1-8H2,(H,14,16). The largest absolute Gasteiger partial charge is 0.381 e. The zero-order valence-electron chi connectivity index (χ0n) is 10.1. The molecule has 0 radical (unpaired) electrons. The Labute approximate surface area is 117 Å². The van der Waals surface area contributed by atoms with Crippen LogP contribution in [0.15, 0.2) is 0 Å². The first-order valence-electron chi connectivity index (χ1n) is 6.54. The second-order valence-corrected chi connectivity index (χ2v) is 5.68. The van der Waals surface area contributed by atoms with Gasteiger partial charge < -0.3 is 10.1 Å². The van der Waals surface area contributed by atoms with Crippen LogP contribution >= 0.6 is 22.9 Å². The van der Waals surface area contributed by atoms with Crippen molar-refractivity contribution in [2.45, 2.75) is 50.6 Å². The molecule has 0 unspecified atom stereocenters. The summed E-state index contributed by atoms with van der Waals surface area (Å²) >= 11 is 2.21. The first-order chi connectivity index (χ1) is 8.29. The molecule has 0 aromatic rings. The fraction of sp³-hybridized carbons (Fsp3) is 0.917. The highest BCUT2D eigenvalue weighted by atomic mass is 127. The predicted octanol–water partition coefficient (Wildman–Crippen LogP) is 1.78. The van der Waals surface area contributed by atoms with Gasteiger partial charge in [0.2, 0.25) is 5.91 Å². The molecule has 0 atom stereocenters. The first-order valence-corrected chi connectivity index (χ1v) is 7.61. The van der Waals surface area contributed by atoms with E-state index in [1.54, 1.807) is 0 Å². The van der Waals surface area contributed by atoms with Crippen LogP contribution in [-0.2, 0) is 9.53 Å². The Hall–Kier alpha value is 0.120. The Morgan fingerprint density at radius 3 is 2.24 bits per heavy atom. The van der Waals surface area contributed by atoms with E-state index in [1.165, 1.54) is 0 Å². The van der Waals surface area contributed by atoms with E-state index in [4.69, 9.17) is 4.74 Å². The molecule has 1 heterocycles. The molecule has 17 heavy (non-hydrogen) atoms. The van der Waals surface area contributed by atoms with Crippen LogP contribution in [0.2, 0.25) is 0 Å². The summed E-state index contributed by atoms with van der Waals surface area (Å²) < 4.78 is 8.56. The SMILES string of the molecule is O=C(NC1CCOCC1)C1CCC(NI)CC1. The van der Waals surface area contributed by atoms with Crippen LogP contribution in [0.1, 0.15) is 38.5 Å². The van der Waals surface area contributed by atoms with Crippen LogP contribution in [0.25, 0.3) is 0 Å². The van der Waals surface area contributed by atoms with Crippen molar-refractivity contribution < 1.29 is 9.53 Å². The van der Waals surface area contributed by atoms with Gasteiger partial charge in [0, 0.05) is 54.1 Å². The van der Waals surface area contributed by atoms with Gasteiger partial charge in [0.1, 0.15) is 0 Å². The van der Waals surface area contributed by atoms with Gasteiger partial charge in [0.05, 0.1) is 0 Å². The van der Waals surface area contributed by atoms with Gasteiger partial charge in [-0.15, -0.1) is 0 Å². The molecule has 1 saturated heterocycles. The molecule has 1 amide bonds. The molecule has 2 N–H and O–H groups in total. The van der Waals surface area contributed by atoms with E-state index < -0.39 is 0 Å². The third-order valence-corrected chi connectivity index (χ3v) is 4.70. The van der Waals surface area contributed by atoms with Gasteiger partial charge in [0.25, 0.3) is 0 Å². The van der Waals surface area contributed by atoms with Crippen molar-refractivity contribution in [3.8, 4) is 0 Å². The minimum atomic E-state index is 0.235. The number of hydrogen-bond donors (Lipinski definition) is 2. The van der Waals surface area contributed by atoms with E-state index in [0.717, 1.165) is 51.7 Å². The van der Waals surface area contributed by atoms with Gasteiger partial charge >= 0.3 is 0 Å². The lowest BCUT2D eigenvalue weighted by atomic mass is 9.85. The number of rotatable bonds is 3. The van der Waals surface area contributed by atoms with E-state index in [-0.39, 0.29) is 11.8 Å². The molecule has 5 heteroatoms. The molecule has 2 aliphatic rings. The molecule has 0 bridgehead atoms. The molecule has 4 nitrogen and oxygen atoms in total. The van der Waals surface area contributed by atoms with E-state index >= 15 is 0 Å². The number of amides is 1. The lowest BCUT2D eigenvalue weighted by Crippen LogP contribution is -2.43. The molecule has 0 aromatic carbocycles. The minimum Gasteiger partial charge on any atom is -0.381 e. The molecule has 98 valence electrons. The fourth-order valence-electron chi connectivity index (χ4n) is 2.63. The second-order valence-electron chi connectivity index (χ2n) is 5.05. The maximum atomic E-state index is 12.1. The Kier molecular flexibility index (Phi) is 5.49. The second kappa shape index (κ2) is 6.89. The third-order valence-electron chi connectivity index (χ3n) is 3.82. The van der Waals surface area contributed by atoms with E-state index in [9.17, 15) is 4.79 Å². The smallest absolute Gasteiger partial charge is 0.223 e. The van der Waals surface area contributed by atoms with Crippen LogP contribution in [0.5, 0.6) is 0 Å². The highest BCUT2D eigenvalue weighted by Crippen LogP contribution is 2.25. The molecule has 0 aromatic heterocycles. The van der Waals surface area contributed by atoms with Crippen molar-refractivity contribution in [1.29, 1.82) is 0 Å². The maximum absolute atomic E-state index is 12.1. The minimum absolute atomic E-state index is 0.235. The summed E-state index contributed by atoms with van der Waals surface area (Å²) in [5.41, 5.74) is 0. The Morgan fingerprint density at radius 1 is 1.00 bits per heavy atom.